The molecule has 17 heteroatoms. The van der Waals surface area contributed by atoms with Gasteiger partial charge in [0.2, 0.25) is 23.6 Å². The summed E-state index contributed by atoms with van der Waals surface area (Å²) in [6, 6.07) is 13.9. The normalized spacial score (nSPS) is 14.8. The van der Waals surface area contributed by atoms with E-state index in [9.17, 15) is 33.6 Å². The zero-order chi connectivity index (χ0) is 52.5. The number of nitrogens with two attached hydrogens (primary N) is 4. The van der Waals surface area contributed by atoms with Gasteiger partial charge in [-0.1, -0.05) is 96.0 Å². The number of carbonyl (C=O) groups is 7. The number of hydrogen-bond acceptors (Lipinski definition) is 10. The lowest BCUT2D eigenvalue weighted by atomic mass is 9.84. The quantitative estimate of drug-likeness (QED) is 0.0199. The molecule has 0 bridgehead atoms. The molecule has 12 N–H and O–H groups in total. The molecule has 0 saturated carbocycles. The Bertz CT molecular complexity index is 2190. The molecule has 0 aliphatic heterocycles. The molecule has 1 heterocycles. The minimum absolute atomic E-state index is 0.0842. The van der Waals surface area contributed by atoms with Gasteiger partial charge in [-0.2, -0.15) is 11.8 Å². The number of aromatic amines is 1. The number of unbranched alkanes of at least 4 members (excludes halogenated alkanes) is 1. The van der Waals surface area contributed by atoms with E-state index in [2.05, 4.69) is 25.9 Å². The highest BCUT2D eigenvalue weighted by Crippen LogP contribution is 2.25. The first-order valence-electron chi connectivity index (χ1n) is 25.5. The van der Waals surface area contributed by atoms with Crippen molar-refractivity contribution in [3.05, 3.63) is 71.9 Å². The maximum atomic E-state index is 14.9. The van der Waals surface area contributed by atoms with Crippen molar-refractivity contribution in [2.75, 3.05) is 25.1 Å². The molecule has 0 radical (unpaired) electrons. The van der Waals surface area contributed by atoms with Crippen molar-refractivity contribution in [1.29, 1.82) is 0 Å². The molecule has 3 aromatic rings. The summed E-state index contributed by atoms with van der Waals surface area (Å²) < 4.78 is 0. The summed E-state index contributed by atoms with van der Waals surface area (Å²) in [6.45, 7) is 10.4. The molecule has 0 fully saturated rings. The van der Waals surface area contributed by atoms with Crippen molar-refractivity contribution in [1.82, 2.24) is 20.9 Å². The van der Waals surface area contributed by atoms with Gasteiger partial charge in [0.25, 0.3) is 0 Å². The van der Waals surface area contributed by atoms with Crippen molar-refractivity contribution >= 4 is 69.6 Å². The van der Waals surface area contributed by atoms with Crippen molar-refractivity contribution in [3.63, 3.8) is 0 Å². The Labute approximate surface area is 425 Å². The second-order valence-corrected chi connectivity index (χ2v) is 20.5. The number of thioether (sulfide) groups is 1. The Morgan fingerprint density at radius 2 is 1.24 bits per heavy atom. The van der Waals surface area contributed by atoms with Gasteiger partial charge in [-0.3, -0.25) is 38.6 Å². The van der Waals surface area contributed by atoms with Crippen LogP contribution in [0.5, 0.6) is 0 Å². The van der Waals surface area contributed by atoms with Crippen LogP contribution in [0, 0.1) is 35.5 Å². The van der Waals surface area contributed by atoms with E-state index in [1.807, 2.05) is 95.5 Å². The van der Waals surface area contributed by atoms with Gasteiger partial charge >= 0.3 is 0 Å². The third kappa shape index (κ3) is 20.6. The van der Waals surface area contributed by atoms with Crippen LogP contribution in [0.15, 0.2) is 65.8 Å². The van der Waals surface area contributed by atoms with Gasteiger partial charge in [-0.05, 0) is 98.9 Å². The second-order valence-electron chi connectivity index (χ2n) is 19.5. The number of ketones is 3. The standard InChI is InChI=1S/C54H83N9O7S/c1-7-35(5)42(50(56)67)32-49(66)45(28-36-17-10-9-11-18-36)62-53(70)39(23-26-71-6)31-48(65)46(29-40-33-60-43-21-13-12-20-41(40)43)63-52(69)38(19-14-15-24-55)30-47(64)44(22-16-25-59-54(57)58)61-51(68)37(8-2)27-34(3)4/h9-13,17-18,20-21,33-35,37-39,42,44-46,60H,7-8,14-16,19,22-32,55H2,1-6H3,(H2,56,67)(H,61,68)(H,62,70)(H,63,69)(H4,57,58,59)/t35-,37-,38+,39+,42-,44-,45-,46-/m0/s1. The largest absolute Gasteiger partial charge is 0.370 e. The number of aromatic nitrogens is 1. The maximum absolute atomic E-state index is 14.9. The average molecular weight is 1000 g/mol. The highest BCUT2D eigenvalue weighted by atomic mass is 32.2. The summed E-state index contributed by atoms with van der Waals surface area (Å²) in [6.07, 6.45) is 7.62. The lowest BCUT2D eigenvalue weighted by Gasteiger charge is -2.27. The number of primary amides is 1. The number of benzene rings is 2. The van der Waals surface area contributed by atoms with E-state index in [0.29, 0.717) is 63.7 Å². The zero-order valence-corrected chi connectivity index (χ0v) is 43.8. The fraction of sp³-hybridized carbons (Fsp3) is 0.593. The fourth-order valence-electron chi connectivity index (χ4n) is 9.02. The van der Waals surface area contributed by atoms with Crippen LogP contribution in [-0.2, 0) is 46.4 Å². The Kier molecular flexibility index (Phi) is 26.7. The first kappa shape index (κ1) is 59.8. The van der Waals surface area contributed by atoms with E-state index in [0.717, 1.165) is 22.0 Å². The molecule has 0 saturated heterocycles. The van der Waals surface area contributed by atoms with Gasteiger partial charge in [0.1, 0.15) is 0 Å². The Morgan fingerprint density at radius 1 is 0.662 bits per heavy atom. The summed E-state index contributed by atoms with van der Waals surface area (Å²) in [5.74, 6) is -5.08. The van der Waals surface area contributed by atoms with Gasteiger partial charge in [0.05, 0.1) is 18.1 Å². The number of hydrogen-bond donors (Lipinski definition) is 8. The summed E-state index contributed by atoms with van der Waals surface area (Å²) in [5, 5.41) is 9.86. The highest BCUT2D eigenvalue weighted by Gasteiger charge is 2.35. The molecule has 392 valence electrons. The molecule has 71 heavy (non-hydrogen) atoms. The Hall–Kier alpha value is -5.55. The molecule has 3 rings (SSSR count). The monoisotopic (exact) mass is 1000 g/mol. The number of rotatable bonds is 36. The molecule has 8 atom stereocenters. The SMILES string of the molecule is CC[C@@H](CC(C)C)C(=O)N[C@@H](CCCN=C(N)N)C(=O)C[C@@H](CCCCN)C(=O)N[C@@H](Cc1c[nH]c2ccccc12)C(=O)C[C@@H](CCSC)C(=O)N[C@@H](Cc1ccccc1)C(=O)C[C@H](C(N)=O)[C@@H](C)CC. The Balaban J connectivity index is 2.00. The average Bonchev–Trinajstić information content (AvgIpc) is 3.75. The highest BCUT2D eigenvalue weighted by molar-refractivity contribution is 7.98. The lowest BCUT2D eigenvalue weighted by molar-refractivity contribution is -0.136. The number of Topliss-reactive ketones (excluding diaryl/α,β-unsaturated/α-hetero) is 3. The van der Waals surface area contributed by atoms with Crippen LogP contribution in [-0.4, -0.2) is 95.1 Å². The lowest BCUT2D eigenvalue weighted by Crippen LogP contribution is -2.49. The van der Waals surface area contributed by atoms with Gasteiger partial charge in [0.15, 0.2) is 23.3 Å². The van der Waals surface area contributed by atoms with Crippen molar-refractivity contribution in [3.8, 4) is 0 Å². The predicted octanol–water partition coefficient (Wildman–Crippen LogP) is 5.67. The van der Waals surface area contributed by atoms with E-state index in [-0.39, 0.29) is 86.3 Å². The number of fused-ring (bicyclic) bond motifs is 1. The van der Waals surface area contributed by atoms with Gasteiger partial charge < -0.3 is 43.9 Å². The van der Waals surface area contributed by atoms with E-state index < -0.39 is 59.4 Å². The molecular weight excluding hydrogens is 919 g/mol. The summed E-state index contributed by atoms with van der Waals surface area (Å²) in [5.41, 5.74) is 25.2. The predicted molar refractivity (Wildman–Crippen MR) is 285 cm³/mol. The molecule has 16 nitrogen and oxygen atoms in total. The number of nitrogens with zero attached hydrogens (tertiary/aromatic N) is 1. The second kappa shape index (κ2) is 31.7. The fourth-order valence-corrected chi connectivity index (χ4v) is 9.54. The number of carbonyl (C=O) groups excluding carboxylic acids is 7. The van der Waals surface area contributed by atoms with E-state index in [4.69, 9.17) is 22.9 Å². The number of amides is 4. The maximum Gasteiger partial charge on any atom is 0.224 e. The molecule has 4 amide bonds. The molecule has 0 aliphatic rings. The summed E-state index contributed by atoms with van der Waals surface area (Å²) in [7, 11) is 0. The van der Waals surface area contributed by atoms with Crippen LogP contribution in [0.25, 0.3) is 10.9 Å². The molecular formula is C54H83N9O7S. The third-order valence-corrected chi connectivity index (χ3v) is 14.1. The number of aliphatic imine (C=N–C) groups is 1. The number of para-hydroxylation sites is 1. The van der Waals surface area contributed by atoms with Gasteiger partial charge in [0, 0.05) is 73.0 Å². The first-order chi connectivity index (χ1) is 33.9. The van der Waals surface area contributed by atoms with E-state index in [1.165, 1.54) is 11.8 Å². The van der Waals surface area contributed by atoms with Crippen LogP contribution >= 0.6 is 11.8 Å². The molecule has 2 aromatic carbocycles. The van der Waals surface area contributed by atoms with Crippen molar-refractivity contribution < 1.29 is 33.6 Å². The number of nitrogens with one attached hydrogen (secondary N) is 4. The molecule has 0 spiro atoms. The zero-order valence-electron chi connectivity index (χ0n) is 43.0. The van der Waals surface area contributed by atoms with Crippen LogP contribution in [0.1, 0.15) is 123 Å². The summed E-state index contributed by atoms with van der Waals surface area (Å²) in [4.78, 5) is 106. The first-order valence-corrected chi connectivity index (χ1v) is 26.9. The topological polar surface area (TPSA) is 288 Å². The van der Waals surface area contributed by atoms with Gasteiger partial charge in [-0.15, -0.1) is 0 Å². The minimum atomic E-state index is -1.11. The van der Waals surface area contributed by atoms with Crippen LogP contribution < -0.4 is 38.9 Å². The molecule has 1 aromatic heterocycles. The van der Waals surface area contributed by atoms with Crippen molar-refractivity contribution in [2.45, 2.75) is 143 Å². The van der Waals surface area contributed by atoms with Crippen LogP contribution in [0.3, 0.4) is 0 Å². The molecule has 0 aliphatic carbocycles. The Morgan fingerprint density at radius 3 is 1.83 bits per heavy atom. The van der Waals surface area contributed by atoms with Crippen LogP contribution in [0.2, 0.25) is 0 Å². The molecule has 0 unspecified atom stereocenters. The third-order valence-electron chi connectivity index (χ3n) is 13.5. The van der Waals surface area contributed by atoms with Crippen molar-refractivity contribution in [2.24, 2.45) is 63.4 Å². The minimum Gasteiger partial charge on any atom is -0.370 e. The van der Waals surface area contributed by atoms with Crippen LogP contribution in [0.4, 0.5) is 0 Å². The smallest absolute Gasteiger partial charge is 0.224 e. The van der Waals surface area contributed by atoms with E-state index in [1.54, 1.807) is 6.20 Å². The number of guanidine groups is 1. The number of H-pyrrole nitrogens is 1. The van der Waals surface area contributed by atoms with Gasteiger partial charge in [-0.25, -0.2) is 0 Å². The summed E-state index contributed by atoms with van der Waals surface area (Å²) >= 11 is 1.51. The van der Waals surface area contributed by atoms with E-state index >= 15 is 0 Å².